The first-order valence-corrected chi connectivity index (χ1v) is 5.90. The topological polar surface area (TPSA) is 38.1 Å². The maximum atomic E-state index is 5.50. The van der Waals surface area contributed by atoms with Gasteiger partial charge in [0, 0.05) is 12.3 Å². The van der Waals surface area contributed by atoms with Gasteiger partial charge in [0.15, 0.2) is 5.89 Å². The van der Waals surface area contributed by atoms with Gasteiger partial charge in [-0.3, -0.25) is 0 Å². The highest BCUT2D eigenvalue weighted by Crippen LogP contribution is 2.24. The van der Waals surface area contributed by atoms with Gasteiger partial charge in [0.05, 0.1) is 5.69 Å². The average Bonchev–Trinajstić information content (AvgIpc) is 2.67. The van der Waals surface area contributed by atoms with Gasteiger partial charge in [-0.15, -0.1) is 0 Å². The molecule has 0 atom stereocenters. The van der Waals surface area contributed by atoms with Crippen LogP contribution in [0.5, 0.6) is 0 Å². The van der Waals surface area contributed by atoms with E-state index in [1.165, 1.54) is 12.8 Å². The zero-order valence-corrected chi connectivity index (χ0v) is 9.62. The summed E-state index contributed by atoms with van der Waals surface area (Å²) in [5, 5.41) is 3.37. The molecule has 1 saturated heterocycles. The summed E-state index contributed by atoms with van der Waals surface area (Å²) < 4.78 is 5.50. The van der Waals surface area contributed by atoms with Gasteiger partial charge >= 0.3 is 0 Å². The molecular formula is C12H20N2O. The molecule has 0 aliphatic carbocycles. The third kappa shape index (κ3) is 2.81. The molecule has 1 aromatic heterocycles. The van der Waals surface area contributed by atoms with E-state index in [2.05, 4.69) is 24.1 Å². The lowest BCUT2D eigenvalue weighted by Crippen LogP contribution is -2.26. The van der Waals surface area contributed by atoms with Gasteiger partial charge in [-0.1, -0.05) is 13.8 Å². The van der Waals surface area contributed by atoms with Gasteiger partial charge in [0.1, 0.15) is 6.26 Å². The lowest BCUT2D eigenvalue weighted by Gasteiger charge is -2.20. The molecule has 3 nitrogen and oxygen atoms in total. The first kappa shape index (κ1) is 10.7. The Bertz CT molecular complexity index is 300. The van der Waals surface area contributed by atoms with Crippen LogP contribution in [0, 0.1) is 5.92 Å². The molecule has 0 spiro atoms. The van der Waals surface area contributed by atoms with Crippen LogP contribution in [-0.4, -0.2) is 18.1 Å². The normalized spacial score (nSPS) is 18.6. The highest BCUT2D eigenvalue weighted by atomic mass is 16.3. The molecule has 3 heteroatoms. The SMILES string of the molecule is CC(C)Cc1nc(C2CCNCC2)co1. The zero-order valence-electron chi connectivity index (χ0n) is 9.62. The van der Waals surface area contributed by atoms with Crippen LogP contribution in [-0.2, 0) is 6.42 Å². The highest BCUT2D eigenvalue weighted by Gasteiger charge is 2.18. The standard InChI is InChI=1S/C12H20N2O/c1-9(2)7-12-14-11(8-15-12)10-3-5-13-6-4-10/h8-10,13H,3-7H2,1-2H3. The largest absolute Gasteiger partial charge is 0.449 e. The summed E-state index contributed by atoms with van der Waals surface area (Å²) in [6, 6.07) is 0. The van der Waals surface area contributed by atoms with E-state index < -0.39 is 0 Å². The Morgan fingerprint density at radius 3 is 2.87 bits per heavy atom. The van der Waals surface area contributed by atoms with Crippen molar-refractivity contribution in [3.05, 3.63) is 17.8 Å². The number of nitrogens with zero attached hydrogens (tertiary/aromatic N) is 1. The van der Waals surface area contributed by atoms with E-state index in [4.69, 9.17) is 4.42 Å². The number of piperidine rings is 1. The zero-order chi connectivity index (χ0) is 10.7. The smallest absolute Gasteiger partial charge is 0.194 e. The molecule has 1 aliphatic rings. The van der Waals surface area contributed by atoms with Gasteiger partial charge in [0.25, 0.3) is 0 Å². The van der Waals surface area contributed by atoms with Crippen molar-refractivity contribution in [2.45, 2.75) is 39.0 Å². The minimum absolute atomic E-state index is 0.607. The van der Waals surface area contributed by atoms with E-state index in [-0.39, 0.29) is 0 Å². The molecule has 0 amide bonds. The maximum absolute atomic E-state index is 5.50. The van der Waals surface area contributed by atoms with Crippen molar-refractivity contribution in [1.82, 2.24) is 10.3 Å². The Kier molecular flexibility index (Phi) is 3.41. The van der Waals surface area contributed by atoms with Crippen molar-refractivity contribution < 1.29 is 4.42 Å². The number of hydrogen-bond donors (Lipinski definition) is 1. The Morgan fingerprint density at radius 1 is 1.47 bits per heavy atom. The molecule has 0 aromatic carbocycles. The van der Waals surface area contributed by atoms with Gasteiger partial charge in [-0.05, 0) is 31.8 Å². The van der Waals surface area contributed by atoms with Gasteiger partial charge in [0.2, 0.25) is 0 Å². The summed E-state index contributed by atoms with van der Waals surface area (Å²) in [6.45, 7) is 6.59. The lowest BCUT2D eigenvalue weighted by atomic mass is 9.95. The number of rotatable bonds is 3. The maximum Gasteiger partial charge on any atom is 0.194 e. The lowest BCUT2D eigenvalue weighted by molar-refractivity contribution is 0.448. The van der Waals surface area contributed by atoms with Crippen LogP contribution in [0.25, 0.3) is 0 Å². The molecule has 2 rings (SSSR count). The van der Waals surface area contributed by atoms with Crippen molar-refractivity contribution in [3.63, 3.8) is 0 Å². The minimum atomic E-state index is 0.607. The number of hydrogen-bond acceptors (Lipinski definition) is 3. The highest BCUT2D eigenvalue weighted by molar-refractivity contribution is 5.06. The molecule has 0 saturated carbocycles. The third-order valence-corrected chi connectivity index (χ3v) is 2.91. The number of oxazole rings is 1. The van der Waals surface area contributed by atoms with E-state index in [0.29, 0.717) is 11.8 Å². The molecule has 84 valence electrons. The second-order valence-corrected chi connectivity index (χ2v) is 4.79. The predicted octanol–water partition coefficient (Wildman–Crippen LogP) is 2.34. The summed E-state index contributed by atoms with van der Waals surface area (Å²) in [5.74, 6) is 2.12. The van der Waals surface area contributed by atoms with Crippen LogP contribution < -0.4 is 5.32 Å². The molecule has 1 aromatic rings. The monoisotopic (exact) mass is 208 g/mol. The fourth-order valence-corrected chi connectivity index (χ4v) is 2.07. The molecule has 0 unspecified atom stereocenters. The fraction of sp³-hybridized carbons (Fsp3) is 0.750. The van der Waals surface area contributed by atoms with Crippen LogP contribution >= 0.6 is 0 Å². The van der Waals surface area contributed by atoms with Crippen molar-refractivity contribution in [1.29, 1.82) is 0 Å². The predicted molar refractivity (Wildman–Crippen MR) is 59.9 cm³/mol. The summed E-state index contributed by atoms with van der Waals surface area (Å²) in [5.41, 5.74) is 1.16. The second-order valence-electron chi connectivity index (χ2n) is 4.79. The van der Waals surface area contributed by atoms with Gasteiger partial charge < -0.3 is 9.73 Å². The molecule has 2 heterocycles. The van der Waals surface area contributed by atoms with Crippen LogP contribution in [0.3, 0.4) is 0 Å². The van der Waals surface area contributed by atoms with E-state index >= 15 is 0 Å². The first-order valence-electron chi connectivity index (χ1n) is 5.90. The minimum Gasteiger partial charge on any atom is -0.449 e. The molecule has 15 heavy (non-hydrogen) atoms. The average molecular weight is 208 g/mol. The molecule has 1 aliphatic heterocycles. The molecule has 1 fully saturated rings. The van der Waals surface area contributed by atoms with Crippen LogP contribution in [0.2, 0.25) is 0 Å². The van der Waals surface area contributed by atoms with Gasteiger partial charge in [-0.25, -0.2) is 4.98 Å². The van der Waals surface area contributed by atoms with Crippen LogP contribution in [0.1, 0.15) is 44.2 Å². The van der Waals surface area contributed by atoms with Crippen molar-refractivity contribution in [2.75, 3.05) is 13.1 Å². The fourth-order valence-electron chi connectivity index (χ4n) is 2.07. The van der Waals surface area contributed by atoms with E-state index in [1.54, 1.807) is 0 Å². The quantitative estimate of drug-likeness (QED) is 0.828. The van der Waals surface area contributed by atoms with Crippen molar-refractivity contribution in [3.8, 4) is 0 Å². The van der Waals surface area contributed by atoms with Crippen LogP contribution in [0.4, 0.5) is 0 Å². The van der Waals surface area contributed by atoms with Crippen molar-refractivity contribution >= 4 is 0 Å². The molecule has 0 radical (unpaired) electrons. The second kappa shape index (κ2) is 4.79. The number of nitrogens with one attached hydrogen (secondary N) is 1. The number of aromatic nitrogens is 1. The van der Waals surface area contributed by atoms with E-state index in [1.807, 2.05) is 6.26 Å². The Hall–Kier alpha value is -0.830. The summed E-state index contributed by atoms with van der Waals surface area (Å²) in [4.78, 5) is 4.58. The van der Waals surface area contributed by atoms with Crippen molar-refractivity contribution in [2.24, 2.45) is 5.92 Å². The molecule has 0 bridgehead atoms. The third-order valence-electron chi connectivity index (χ3n) is 2.91. The molecule has 1 N–H and O–H groups in total. The van der Waals surface area contributed by atoms with E-state index in [0.717, 1.165) is 31.1 Å². The summed E-state index contributed by atoms with van der Waals surface area (Å²) in [6.07, 6.45) is 5.18. The van der Waals surface area contributed by atoms with Gasteiger partial charge in [-0.2, -0.15) is 0 Å². The van der Waals surface area contributed by atoms with E-state index in [9.17, 15) is 0 Å². The Morgan fingerprint density at radius 2 is 2.20 bits per heavy atom. The summed E-state index contributed by atoms with van der Waals surface area (Å²) in [7, 11) is 0. The Labute approximate surface area is 91.3 Å². The van der Waals surface area contributed by atoms with Crippen LogP contribution in [0.15, 0.2) is 10.7 Å². The summed E-state index contributed by atoms with van der Waals surface area (Å²) >= 11 is 0. The molecular weight excluding hydrogens is 188 g/mol. The first-order chi connectivity index (χ1) is 7.25. The Balaban J connectivity index is 1.99.